The summed E-state index contributed by atoms with van der Waals surface area (Å²) in [6, 6.07) is 1.10. The van der Waals surface area contributed by atoms with E-state index < -0.39 is 46.9 Å². The van der Waals surface area contributed by atoms with Gasteiger partial charge >= 0.3 is 5.97 Å². The van der Waals surface area contributed by atoms with Crippen LogP contribution in [0.3, 0.4) is 0 Å². The van der Waals surface area contributed by atoms with Gasteiger partial charge in [-0.05, 0) is 25.7 Å². The van der Waals surface area contributed by atoms with E-state index in [1.165, 1.54) is 0 Å². The minimum atomic E-state index is -1.38. The highest BCUT2D eigenvalue weighted by atomic mass is 19.2. The Morgan fingerprint density at radius 1 is 1.05 bits per heavy atom. The molecule has 2 N–H and O–H groups in total. The second-order valence-corrected chi connectivity index (χ2v) is 5.13. The van der Waals surface area contributed by atoms with Crippen molar-refractivity contribution in [1.29, 1.82) is 0 Å². The van der Waals surface area contributed by atoms with Gasteiger partial charge in [0.05, 0.1) is 11.6 Å². The third-order valence-electron chi connectivity index (χ3n) is 3.70. The van der Waals surface area contributed by atoms with Crippen molar-refractivity contribution < 1.29 is 27.9 Å². The zero-order valence-electron chi connectivity index (χ0n) is 11.0. The molecule has 1 aromatic carbocycles. The Kier molecular flexibility index (Phi) is 4.50. The highest BCUT2D eigenvalue weighted by Gasteiger charge is 2.30. The molecule has 1 amide bonds. The summed E-state index contributed by atoms with van der Waals surface area (Å²) < 4.78 is 39.5. The van der Waals surface area contributed by atoms with Gasteiger partial charge in [-0.15, -0.1) is 0 Å². The van der Waals surface area contributed by atoms with Gasteiger partial charge in [0.25, 0.3) is 0 Å². The van der Waals surface area contributed by atoms with Crippen LogP contribution in [-0.4, -0.2) is 17.0 Å². The van der Waals surface area contributed by atoms with Crippen LogP contribution >= 0.6 is 0 Å². The topological polar surface area (TPSA) is 66.4 Å². The first-order valence-corrected chi connectivity index (χ1v) is 6.56. The number of carbonyl (C=O) groups excluding carboxylic acids is 1. The van der Waals surface area contributed by atoms with E-state index in [-0.39, 0.29) is 0 Å². The highest BCUT2D eigenvalue weighted by Crippen LogP contribution is 2.30. The average Bonchev–Trinajstić information content (AvgIpc) is 2.44. The lowest BCUT2D eigenvalue weighted by Crippen LogP contribution is -2.29. The molecule has 0 aromatic heterocycles. The monoisotopic (exact) mass is 301 g/mol. The molecule has 7 heteroatoms. The van der Waals surface area contributed by atoms with Crippen molar-refractivity contribution in [3.63, 3.8) is 0 Å². The number of carboxylic acid groups (broad SMARTS) is 1. The van der Waals surface area contributed by atoms with E-state index in [0.717, 1.165) is 0 Å². The maximum atomic E-state index is 13.4. The van der Waals surface area contributed by atoms with E-state index in [2.05, 4.69) is 5.32 Å². The largest absolute Gasteiger partial charge is 0.481 e. The highest BCUT2D eigenvalue weighted by molar-refractivity contribution is 5.92. The van der Waals surface area contributed by atoms with Gasteiger partial charge in [0.1, 0.15) is 5.82 Å². The maximum Gasteiger partial charge on any atom is 0.306 e. The third-order valence-corrected chi connectivity index (χ3v) is 3.70. The van der Waals surface area contributed by atoms with Crippen molar-refractivity contribution in [1.82, 2.24) is 0 Å². The van der Waals surface area contributed by atoms with Crippen LogP contribution in [0.1, 0.15) is 25.7 Å². The van der Waals surface area contributed by atoms with Gasteiger partial charge in [-0.1, -0.05) is 0 Å². The Morgan fingerprint density at radius 3 is 2.19 bits per heavy atom. The molecule has 1 aliphatic rings. The number of carbonyl (C=O) groups is 2. The zero-order valence-corrected chi connectivity index (χ0v) is 11.0. The number of nitrogens with one attached hydrogen (secondary N) is 1. The molecule has 1 saturated carbocycles. The quantitative estimate of drug-likeness (QED) is 0.844. The van der Waals surface area contributed by atoms with Crippen molar-refractivity contribution >= 4 is 17.6 Å². The lowest BCUT2D eigenvalue weighted by Gasteiger charge is -2.25. The van der Waals surface area contributed by atoms with Crippen molar-refractivity contribution in [3.8, 4) is 0 Å². The standard InChI is InChI=1S/C14H14F3NO3/c15-9-5-10(16)12(17)11(6-9)18-13(19)7-1-3-8(4-2-7)14(20)21/h5-8H,1-4H2,(H,18,19)(H,20,21). The van der Waals surface area contributed by atoms with E-state index in [4.69, 9.17) is 5.11 Å². The minimum absolute atomic E-state index is 0.349. The lowest BCUT2D eigenvalue weighted by molar-refractivity contribution is -0.143. The van der Waals surface area contributed by atoms with Crippen molar-refractivity contribution in [2.24, 2.45) is 11.8 Å². The fraction of sp³-hybridized carbons (Fsp3) is 0.429. The van der Waals surface area contributed by atoms with E-state index in [1.54, 1.807) is 0 Å². The molecule has 1 aliphatic carbocycles. The summed E-state index contributed by atoms with van der Waals surface area (Å²) in [5, 5.41) is 11.0. The van der Waals surface area contributed by atoms with Gasteiger partial charge in [-0.2, -0.15) is 0 Å². The van der Waals surface area contributed by atoms with Crippen LogP contribution < -0.4 is 5.32 Å². The van der Waals surface area contributed by atoms with Gasteiger partial charge in [-0.25, -0.2) is 13.2 Å². The molecule has 1 fully saturated rings. The average molecular weight is 301 g/mol. The predicted octanol–water partition coefficient (Wildman–Crippen LogP) is 2.93. The number of anilines is 1. The van der Waals surface area contributed by atoms with Crippen LogP contribution in [0.25, 0.3) is 0 Å². The Labute approximate surface area is 119 Å². The molecule has 0 heterocycles. The number of hydrogen-bond acceptors (Lipinski definition) is 2. The molecular formula is C14H14F3NO3. The molecule has 0 atom stereocenters. The number of benzene rings is 1. The molecule has 114 valence electrons. The van der Waals surface area contributed by atoms with E-state index in [0.29, 0.717) is 37.8 Å². The Hall–Kier alpha value is -2.05. The van der Waals surface area contributed by atoms with Gasteiger partial charge in [0.15, 0.2) is 11.6 Å². The molecule has 0 spiro atoms. The van der Waals surface area contributed by atoms with Crippen LogP contribution in [0, 0.1) is 29.3 Å². The normalized spacial score (nSPS) is 21.9. The van der Waals surface area contributed by atoms with Crippen LogP contribution in [0.2, 0.25) is 0 Å². The number of rotatable bonds is 3. The van der Waals surface area contributed by atoms with Gasteiger partial charge in [-0.3, -0.25) is 9.59 Å². The maximum absolute atomic E-state index is 13.4. The van der Waals surface area contributed by atoms with Crippen LogP contribution in [0.5, 0.6) is 0 Å². The fourth-order valence-corrected chi connectivity index (χ4v) is 2.48. The first kappa shape index (κ1) is 15.3. The van der Waals surface area contributed by atoms with Gasteiger partial charge < -0.3 is 10.4 Å². The van der Waals surface area contributed by atoms with Crippen molar-refractivity contribution in [2.45, 2.75) is 25.7 Å². The second-order valence-electron chi connectivity index (χ2n) is 5.13. The molecule has 0 saturated heterocycles. The molecule has 0 bridgehead atoms. The molecule has 21 heavy (non-hydrogen) atoms. The molecule has 0 unspecified atom stereocenters. The van der Waals surface area contributed by atoms with Crippen molar-refractivity contribution in [2.75, 3.05) is 5.32 Å². The molecule has 2 rings (SSSR count). The predicted molar refractivity (Wildman–Crippen MR) is 68.0 cm³/mol. The number of halogens is 3. The first-order valence-electron chi connectivity index (χ1n) is 6.56. The number of amides is 1. The number of carboxylic acids is 1. The number of hydrogen-bond donors (Lipinski definition) is 2. The molecule has 4 nitrogen and oxygen atoms in total. The third kappa shape index (κ3) is 3.53. The smallest absolute Gasteiger partial charge is 0.306 e. The lowest BCUT2D eigenvalue weighted by atomic mass is 9.81. The molecule has 1 aromatic rings. The number of aliphatic carboxylic acids is 1. The summed E-state index contributed by atoms with van der Waals surface area (Å²) in [4.78, 5) is 22.8. The summed E-state index contributed by atoms with van der Waals surface area (Å²) in [6.07, 6.45) is 1.41. The van der Waals surface area contributed by atoms with Crippen molar-refractivity contribution in [3.05, 3.63) is 29.6 Å². The summed E-state index contributed by atoms with van der Waals surface area (Å²) in [7, 11) is 0. The first-order chi connectivity index (χ1) is 9.88. The summed E-state index contributed by atoms with van der Waals surface area (Å²) >= 11 is 0. The fourth-order valence-electron chi connectivity index (χ4n) is 2.48. The second kappa shape index (κ2) is 6.15. The minimum Gasteiger partial charge on any atom is -0.481 e. The van der Waals surface area contributed by atoms with E-state index in [9.17, 15) is 22.8 Å². The summed E-state index contributed by atoms with van der Waals surface area (Å²) in [5.41, 5.74) is -0.544. The van der Waals surface area contributed by atoms with Crippen LogP contribution in [-0.2, 0) is 9.59 Å². The van der Waals surface area contributed by atoms with Gasteiger partial charge in [0.2, 0.25) is 5.91 Å². The van der Waals surface area contributed by atoms with Gasteiger partial charge in [0, 0.05) is 18.1 Å². The van der Waals surface area contributed by atoms with E-state index >= 15 is 0 Å². The Bertz CT molecular complexity index is 569. The molecule has 0 aliphatic heterocycles. The van der Waals surface area contributed by atoms with Crippen LogP contribution in [0.15, 0.2) is 12.1 Å². The van der Waals surface area contributed by atoms with E-state index in [1.807, 2.05) is 0 Å². The SMILES string of the molecule is O=C(O)C1CCC(C(=O)Nc2cc(F)cc(F)c2F)CC1. The zero-order chi connectivity index (χ0) is 15.6. The van der Waals surface area contributed by atoms with Crippen LogP contribution in [0.4, 0.5) is 18.9 Å². The molecule has 0 radical (unpaired) electrons. The Morgan fingerprint density at radius 2 is 1.62 bits per heavy atom. The summed E-state index contributed by atoms with van der Waals surface area (Å²) in [6.45, 7) is 0. The molecular weight excluding hydrogens is 287 g/mol. The summed E-state index contributed by atoms with van der Waals surface area (Å²) in [5.74, 6) is -6.08. The Balaban J connectivity index is 2.01.